The molecule has 0 unspecified atom stereocenters. The van der Waals surface area contributed by atoms with Crippen molar-refractivity contribution in [2.45, 2.75) is 13.5 Å². The molecule has 0 atom stereocenters. The van der Waals surface area contributed by atoms with Gasteiger partial charge in [0, 0.05) is 12.3 Å². The van der Waals surface area contributed by atoms with Gasteiger partial charge in [-0.15, -0.1) is 0 Å². The summed E-state index contributed by atoms with van der Waals surface area (Å²) in [4.78, 5) is 15.4. The van der Waals surface area contributed by atoms with Gasteiger partial charge >= 0.3 is 5.97 Å². The van der Waals surface area contributed by atoms with Crippen LogP contribution in [0.15, 0.2) is 48.7 Å². The second-order valence-electron chi connectivity index (χ2n) is 4.53. The summed E-state index contributed by atoms with van der Waals surface area (Å²) < 4.78 is 10.4. The van der Waals surface area contributed by atoms with E-state index in [1.165, 1.54) is 13.2 Å². The van der Waals surface area contributed by atoms with Crippen molar-refractivity contribution in [3.63, 3.8) is 0 Å². The molecule has 0 saturated carbocycles. The van der Waals surface area contributed by atoms with E-state index >= 15 is 0 Å². The van der Waals surface area contributed by atoms with E-state index in [0.29, 0.717) is 18.1 Å². The minimum Gasteiger partial charge on any atom is -0.487 e. The lowest BCUT2D eigenvalue weighted by molar-refractivity contribution is -0.134. The van der Waals surface area contributed by atoms with Crippen molar-refractivity contribution in [2.75, 3.05) is 7.11 Å². The Morgan fingerprint density at radius 2 is 2.05 bits per heavy atom. The SMILES string of the molecule is COC(=O)/C=C/c1ncc(C)cc1OCc1ccccc1. The molecule has 0 aliphatic rings. The number of hydrogen-bond acceptors (Lipinski definition) is 4. The Balaban J connectivity index is 2.15. The highest BCUT2D eigenvalue weighted by Crippen LogP contribution is 2.20. The molecule has 0 aliphatic carbocycles. The van der Waals surface area contributed by atoms with Gasteiger partial charge in [-0.3, -0.25) is 4.98 Å². The van der Waals surface area contributed by atoms with Crippen molar-refractivity contribution < 1.29 is 14.3 Å². The van der Waals surface area contributed by atoms with Gasteiger partial charge in [0.15, 0.2) is 0 Å². The van der Waals surface area contributed by atoms with Gasteiger partial charge in [0.25, 0.3) is 0 Å². The topological polar surface area (TPSA) is 48.4 Å². The monoisotopic (exact) mass is 283 g/mol. The molecule has 2 aromatic rings. The van der Waals surface area contributed by atoms with Crippen LogP contribution in [0.4, 0.5) is 0 Å². The second-order valence-corrected chi connectivity index (χ2v) is 4.53. The maximum Gasteiger partial charge on any atom is 0.330 e. The standard InChI is InChI=1S/C17H17NO3/c1-13-10-16(21-12-14-6-4-3-5-7-14)15(18-11-13)8-9-17(19)20-2/h3-11H,12H2,1-2H3/b9-8+. The van der Waals surface area contributed by atoms with Gasteiger partial charge in [-0.1, -0.05) is 30.3 Å². The molecule has 0 aliphatic heterocycles. The first-order valence-electron chi connectivity index (χ1n) is 6.58. The third-order valence-electron chi connectivity index (χ3n) is 2.83. The van der Waals surface area contributed by atoms with Crippen LogP contribution in [0.25, 0.3) is 6.08 Å². The van der Waals surface area contributed by atoms with E-state index in [1.807, 2.05) is 43.3 Å². The van der Waals surface area contributed by atoms with E-state index in [9.17, 15) is 4.79 Å². The Kier molecular flexibility index (Phi) is 5.10. The van der Waals surface area contributed by atoms with Crippen molar-refractivity contribution in [2.24, 2.45) is 0 Å². The molecule has 0 fully saturated rings. The lowest BCUT2D eigenvalue weighted by Crippen LogP contribution is -1.99. The van der Waals surface area contributed by atoms with Crippen LogP contribution >= 0.6 is 0 Å². The molecule has 2 rings (SSSR count). The summed E-state index contributed by atoms with van der Waals surface area (Å²) in [6, 6.07) is 11.8. The molecule has 1 heterocycles. The molecule has 0 bridgehead atoms. The summed E-state index contributed by atoms with van der Waals surface area (Å²) in [5.41, 5.74) is 2.66. The number of aryl methyl sites for hydroxylation is 1. The molecular formula is C17H17NO3. The van der Waals surface area contributed by atoms with Crippen LogP contribution in [-0.4, -0.2) is 18.1 Å². The number of pyridine rings is 1. The Labute approximate surface area is 124 Å². The Morgan fingerprint density at radius 3 is 2.76 bits per heavy atom. The molecule has 4 heteroatoms. The number of ether oxygens (including phenoxy) is 2. The van der Waals surface area contributed by atoms with Crippen LogP contribution in [0.3, 0.4) is 0 Å². The van der Waals surface area contributed by atoms with Gasteiger partial charge in [0.2, 0.25) is 0 Å². The summed E-state index contributed by atoms with van der Waals surface area (Å²) in [7, 11) is 1.34. The third-order valence-corrected chi connectivity index (χ3v) is 2.83. The fourth-order valence-corrected chi connectivity index (χ4v) is 1.74. The fraction of sp³-hybridized carbons (Fsp3) is 0.176. The highest BCUT2D eigenvalue weighted by atomic mass is 16.5. The van der Waals surface area contributed by atoms with Crippen LogP contribution in [-0.2, 0) is 16.1 Å². The largest absolute Gasteiger partial charge is 0.487 e. The molecular weight excluding hydrogens is 266 g/mol. The smallest absolute Gasteiger partial charge is 0.330 e. The Bertz CT molecular complexity index is 636. The average Bonchev–Trinajstić information content (AvgIpc) is 2.52. The first-order chi connectivity index (χ1) is 10.2. The minimum atomic E-state index is -0.425. The second kappa shape index (κ2) is 7.24. The van der Waals surface area contributed by atoms with Gasteiger partial charge in [-0.25, -0.2) is 4.79 Å². The first kappa shape index (κ1) is 14.8. The third kappa shape index (κ3) is 4.45. The molecule has 1 aromatic carbocycles. The van der Waals surface area contributed by atoms with Crippen LogP contribution in [0.1, 0.15) is 16.8 Å². The number of nitrogens with zero attached hydrogens (tertiary/aromatic N) is 1. The van der Waals surface area contributed by atoms with Crippen molar-refractivity contribution in [1.82, 2.24) is 4.98 Å². The quantitative estimate of drug-likeness (QED) is 0.624. The maximum atomic E-state index is 11.2. The summed E-state index contributed by atoms with van der Waals surface area (Å²) in [5, 5.41) is 0. The molecule has 1 aromatic heterocycles. The van der Waals surface area contributed by atoms with Gasteiger partial charge in [-0.2, -0.15) is 0 Å². The number of aromatic nitrogens is 1. The summed E-state index contributed by atoms with van der Waals surface area (Å²) in [5.74, 6) is 0.213. The molecule has 0 spiro atoms. The fourth-order valence-electron chi connectivity index (χ4n) is 1.74. The Hall–Kier alpha value is -2.62. The van der Waals surface area contributed by atoms with Gasteiger partial charge < -0.3 is 9.47 Å². The van der Waals surface area contributed by atoms with Gasteiger partial charge in [0.05, 0.1) is 7.11 Å². The zero-order valence-electron chi connectivity index (χ0n) is 12.1. The van der Waals surface area contributed by atoms with Gasteiger partial charge in [0.1, 0.15) is 18.1 Å². The molecule has 0 saturated heterocycles. The highest BCUT2D eigenvalue weighted by Gasteiger charge is 2.05. The van der Waals surface area contributed by atoms with Crippen LogP contribution in [0.2, 0.25) is 0 Å². The van der Waals surface area contributed by atoms with Gasteiger partial charge in [-0.05, 0) is 30.2 Å². The van der Waals surface area contributed by atoms with Crippen LogP contribution in [0, 0.1) is 6.92 Å². The summed E-state index contributed by atoms with van der Waals surface area (Å²) in [6.07, 6.45) is 4.64. The minimum absolute atomic E-state index is 0.425. The highest BCUT2D eigenvalue weighted by molar-refractivity contribution is 5.87. The Morgan fingerprint density at radius 1 is 1.29 bits per heavy atom. The van der Waals surface area contributed by atoms with E-state index in [4.69, 9.17) is 4.74 Å². The van der Waals surface area contributed by atoms with E-state index in [0.717, 1.165) is 11.1 Å². The van der Waals surface area contributed by atoms with Crippen molar-refractivity contribution >= 4 is 12.0 Å². The average molecular weight is 283 g/mol. The predicted molar refractivity (Wildman–Crippen MR) is 80.8 cm³/mol. The zero-order valence-corrected chi connectivity index (χ0v) is 12.1. The number of esters is 1. The molecule has 0 radical (unpaired) electrons. The summed E-state index contributed by atoms with van der Waals surface area (Å²) in [6.45, 7) is 2.39. The van der Waals surface area contributed by atoms with Crippen LogP contribution in [0.5, 0.6) is 5.75 Å². The number of methoxy groups -OCH3 is 1. The predicted octanol–water partition coefficient (Wildman–Crippen LogP) is 3.16. The number of rotatable bonds is 5. The number of carbonyl (C=O) groups excluding carboxylic acids is 1. The van der Waals surface area contributed by atoms with Crippen molar-refractivity contribution in [3.8, 4) is 5.75 Å². The van der Waals surface area contributed by atoms with E-state index < -0.39 is 5.97 Å². The molecule has 0 amide bonds. The lowest BCUT2D eigenvalue weighted by Gasteiger charge is -2.09. The lowest BCUT2D eigenvalue weighted by atomic mass is 10.2. The van der Waals surface area contributed by atoms with E-state index in [2.05, 4.69) is 9.72 Å². The first-order valence-corrected chi connectivity index (χ1v) is 6.58. The van der Waals surface area contributed by atoms with Crippen molar-refractivity contribution in [1.29, 1.82) is 0 Å². The van der Waals surface area contributed by atoms with E-state index in [-0.39, 0.29) is 0 Å². The number of benzene rings is 1. The molecule has 108 valence electrons. The van der Waals surface area contributed by atoms with E-state index in [1.54, 1.807) is 12.3 Å². The number of hydrogen-bond donors (Lipinski definition) is 0. The number of carbonyl (C=O) groups is 1. The summed E-state index contributed by atoms with van der Waals surface area (Å²) >= 11 is 0. The van der Waals surface area contributed by atoms with Crippen LogP contribution < -0.4 is 4.74 Å². The molecule has 4 nitrogen and oxygen atoms in total. The molecule has 21 heavy (non-hydrogen) atoms. The normalized spacial score (nSPS) is 10.6. The van der Waals surface area contributed by atoms with Crippen molar-refractivity contribution in [3.05, 3.63) is 65.5 Å². The maximum absolute atomic E-state index is 11.2. The zero-order chi connectivity index (χ0) is 15.1. The molecule has 0 N–H and O–H groups in total.